The predicted octanol–water partition coefficient (Wildman–Crippen LogP) is 3.54. The highest BCUT2D eigenvalue weighted by atomic mass is 16.5. The summed E-state index contributed by atoms with van der Waals surface area (Å²) in [6.45, 7) is 4.19. The molecule has 3 heteroatoms. The van der Waals surface area contributed by atoms with Crippen LogP contribution in [0.4, 0.5) is 0 Å². The Morgan fingerprint density at radius 3 is 2.17 bits per heavy atom. The number of hydrogen-bond acceptors (Lipinski definition) is 3. The second-order valence-electron chi connectivity index (χ2n) is 4.59. The SMILES string of the molecule is COc1c(C)c(OC)c(OC)c2c1C=CCC2C. The molecule has 0 radical (unpaired) electrons. The third-order valence-corrected chi connectivity index (χ3v) is 3.55. The molecule has 1 aromatic rings. The van der Waals surface area contributed by atoms with E-state index in [0.717, 1.165) is 34.8 Å². The van der Waals surface area contributed by atoms with Gasteiger partial charge in [-0.1, -0.05) is 19.1 Å². The van der Waals surface area contributed by atoms with Gasteiger partial charge in [0, 0.05) is 16.7 Å². The van der Waals surface area contributed by atoms with Gasteiger partial charge in [0.25, 0.3) is 0 Å². The summed E-state index contributed by atoms with van der Waals surface area (Å²) in [5.41, 5.74) is 3.28. The van der Waals surface area contributed by atoms with E-state index in [4.69, 9.17) is 14.2 Å². The maximum Gasteiger partial charge on any atom is 0.167 e. The largest absolute Gasteiger partial charge is 0.496 e. The second-order valence-corrected chi connectivity index (χ2v) is 4.59. The molecule has 98 valence electrons. The van der Waals surface area contributed by atoms with Crippen LogP contribution in [0.3, 0.4) is 0 Å². The van der Waals surface area contributed by atoms with Gasteiger partial charge in [0.1, 0.15) is 5.75 Å². The van der Waals surface area contributed by atoms with E-state index in [1.165, 1.54) is 5.56 Å². The zero-order valence-electron chi connectivity index (χ0n) is 11.7. The monoisotopic (exact) mass is 248 g/mol. The Kier molecular flexibility index (Phi) is 3.50. The molecule has 1 aromatic carbocycles. The van der Waals surface area contributed by atoms with Gasteiger partial charge in [-0.25, -0.2) is 0 Å². The van der Waals surface area contributed by atoms with E-state index < -0.39 is 0 Å². The number of allylic oxidation sites excluding steroid dienone is 1. The molecule has 0 aromatic heterocycles. The van der Waals surface area contributed by atoms with E-state index >= 15 is 0 Å². The fourth-order valence-electron chi connectivity index (χ4n) is 2.72. The number of ether oxygens (including phenoxy) is 3. The fraction of sp³-hybridized carbons (Fsp3) is 0.467. The predicted molar refractivity (Wildman–Crippen MR) is 72.9 cm³/mol. The average molecular weight is 248 g/mol. The zero-order valence-corrected chi connectivity index (χ0v) is 11.7. The van der Waals surface area contributed by atoms with Gasteiger partial charge >= 0.3 is 0 Å². The molecule has 0 amide bonds. The number of benzene rings is 1. The Balaban J connectivity index is 2.82. The van der Waals surface area contributed by atoms with Crippen LogP contribution in [0.5, 0.6) is 17.2 Å². The van der Waals surface area contributed by atoms with Crippen molar-refractivity contribution < 1.29 is 14.2 Å². The van der Waals surface area contributed by atoms with Crippen molar-refractivity contribution in [3.63, 3.8) is 0 Å². The van der Waals surface area contributed by atoms with Crippen molar-refractivity contribution in [3.8, 4) is 17.2 Å². The van der Waals surface area contributed by atoms with E-state index in [9.17, 15) is 0 Å². The van der Waals surface area contributed by atoms with Gasteiger partial charge in [-0.05, 0) is 19.3 Å². The topological polar surface area (TPSA) is 27.7 Å². The lowest BCUT2D eigenvalue weighted by Gasteiger charge is -2.26. The summed E-state index contributed by atoms with van der Waals surface area (Å²) in [6, 6.07) is 0. The molecule has 3 nitrogen and oxygen atoms in total. The minimum Gasteiger partial charge on any atom is -0.496 e. The average Bonchev–Trinajstić information content (AvgIpc) is 2.37. The standard InChI is InChI=1S/C15H20O3/c1-9-7-6-8-11-12(9)15(18-5)14(17-4)10(2)13(11)16-3/h6,8-9H,7H2,1-5H3. The van der Waals surface area contributed by atoms with Crippen LogP contribution in [-0.4, -0.2) is 21.3 Å². The highest BCUT2D eigenvalue weighted by Gasteiger charge is 2.27. The van der Waals surface area contributed by atoms with Gasteiger partial charge in [-0.15, -0.1) is 0 Å². The van der Waals surface area contributed by atoms with Gasteiger partial charge in [0.15, 0.2) is 11.5 Å². The Morgan fingerprint density at radius 2 is 1.61 bits per heavy atom. The van der Waals surface area contributed by atoms with Crippen LogP contribution in [0.2, 0.25) is 0 Å². The summed E-state index contributed by atoms with van der Waals surface area (Å²) in [4.78, 5) is 0. The first-order valence-electron chi connectivity index (χ1n) is 6.14. The molecule has 0 saturated carbocycles. The van der Waals surface area contributed by atoms with Crippen LogP contribution >= 0.6 is 0 Å². The van der Waals surface area contributed by atoms with Crippen LogP contribution in [0.15, 0.2) is 6.08 Å². The molecule has 0 heterocycles. The van der Waals surface area contributed by atoms with Gasteiger partial charge in [0.05, 0.1) is 21.3 Å². The zero-order chi connectivity index (χ0) is 13.3. The fourth-order valence-corrected chi connectivity index (χ4v) is 2.72. The first kappa shape index (κ1) is 12.8. The summed E-state index contributed by atoms with van der Waals surface area (Å²) in [5.74, 6) is 2.90. The minimum absolute atomic E-state index is 0.406. The Morgan fingerprint density at radius 1 is 1.00 bits per heavy atom. The van der Waals surface area contributed by atoms with Gasteiger partial charge in [-0.2, -0.15) is 0 Å². The Hall–Kier alpha value is -1.64. The maximum atomic E-state index is 5.57. The Labute approximate surface area is 108 Å². The summed E-state index contributed by atoms with van der Waals surface area (Å²) >= 11 is 0. The molecule has 1 aliphatic carbocycles. The second kappa shape index (κ2) is 4.92. The quantitative estimate of drug-likeness (QED) is 0.818. The van der Waals surface area contributed by atoms with Crippen molar-refractivity contribution >= 4 is 6.08 Å². The number of methoxy groups -OCH3 is 3. The minimum atomic E-state index is 0.406. The molecular formula is C15H20O3. The van der Waals surface area contributed by atoms with Gasteiger partial charge < -0.3 is 14.2 Å². The molecule has 0 bridgehead atoms. The highest BCUT2D eigenvalue weighted by molar-refractivity contribution is 5.74. The van der Waals surface area contributed by atoms with Crippen LogP contribution in [0.1, 0.15) is 36.0 Å². The number of fused-ring (bicyclic) bond motifs is 1. The van der Waals surface area contributed by atoms with Crippen molar-refractivity contribution in [2.45, 2.75) is 26.2 Å². The van der Waals surface area contributed by atoms with E-state index in [1.54, 1.807) is 21.3 Å². The smallest absolute Gasteiger partial charge is 0.167 e. The first-order chi connectivity index (χ1) is 8.65. The first-order valence-corrected chi connectivity index (χ1v) is 6.14. The third-order valence-electron chi connectivity index (χ3n) is 3.55. The van der Waals surface area contributed by atoms with E-state index in [2.05, 4.69) is 19.1 Å². The molecule has 1 atom stereocenters. The Bertz CT molecular complexity index is 489. The summed E-state index contributed by atoms with van der Waals surface area (Å²) in [5, 5.41) is 0. The van der Waals surface area contributed by atoms with E-state index in [0.29, 0.717) is 5.92 Å². The van der Waals surface area contributed by atoms with Crippen molar-refractivity contribution in [1.29, 1.82) is 0 Å². The van der Waals surface area contributed by atoms with E-state index in [-0.39, 0.29) is 0 Å². The van der Waals surface area contributed by atoms with Crippen LogP contribution < -0.4 is 14.2 Å². The molecule has 0 spiro atoms. The molecule has 0 saturated heterocycles. The maximum absolute atomic E-state index is 5.57. The normalized spacial score (nSPS) is 17.3. The van der Waals surface area contributed by atoms with E-state index in [1.807, 2.05) is 6.92 Å². The number of hydrogen-bond donors (Lipinski definition) is 0. The van der Waals surface area contributed by atoms with Crippen molar-refractivity contribution in [1.82, 2.24) is 0 Å². The molecule has 0 aliphatic heterocycles. The van der Waals surface area contributed by atoms with Crippen molar-refractivity contribution in [2.75, 3.05) is 21.3 Å². The molecule has 0 fully saturated rings. The summed E-state index contributed by atoms with van der Waals surface area (Å²) in [7, 11) is 5.05. The lowest BCUT2D eigenvalue weighted by molar-refractivity contribution is 0.340. The van der Waals surface area contributed by atoms with Crippen LogP contribution in [-0.2, 0) is 0 Å². The van der Waals surface area contributed by atoms with Crippen LogP contribution in [0, 0.1) is 6.92 Å². The van der Waals surface area contributed by atoms with Gasteiger partial charge in [-0.3, -0.25) is 0 Å². The molecule has 2 rings (SSSR count). The molecule has 18 heavy (non-hydrogen) atoms. The molecule has 1 aliphatic rings. The summed E-state index contributed by atoms with van der Waals surface area (Å²) in [6.07, 6.45) is 5.31. The lowest BCUT2D eigenvalue weighted by Crippen LogP contribution is -2.08. The third kappa shape index (κ3) is 1.74. The van der Waals surface area contributed by atoms with Crippen LogP contribution in [0.25, 0.3) is 6.08 Å². The number of rotatable bonds is 3. The highest BCUT2D eigenvalue weighted by Crippen LogP contribution is 2.49. The van der Waals surface area contributed by atoms with Gasteiger partial charge in [0.2, 0.25) is 0 Å². The molecule has 0 N–H and O–H groups in total. The lowest BCUT2D eigenvalue weighted by atomic mass is 9.85. The molecule has 1 unspecified atom stereocenters. The molecular weight excluding hydrogens is 228 g/mol. The summed E-state index contributed by atoms with van der Waals surface area (Å²) < 4.78 is 16.6. The van der Waals surface area contributed by atoms with Crippen molar-refractivity contribution in [2.24, 2.45) is 0 Å². The van der Waals surface area contributed by atoms with Crippen molar-refractivity contribution in [3.05, 3.63) is 22.8 Å².